The molecule has 3 rings (SSSR count). The third-order valence-corrected chi connectivity index (χ3v) is 3.03. The minimum Gasteiger partial charge on any atom is -0.454 e. The topological polar surface area (TPSA) is 51.5 Å². The predicted molar refractivity (Wildman–Crippen MR) is 72.2 cm³/mol. The largest absolute Gasteiger partial charge is 0.454 e. The summed E-state index contributed by atoms with van der Waals surface area (Å²) in [7, 11) is 0. The highest BCUT2D eigenvalue weighted by Gasteiger charge is 2.12. The van der Waals surface area contributed by atoms with Gasteiger partial charge in [-0.3, -0.25) is 0 Å². The van der Waals surface area contributed by atoms with Gasteiger partial charge < -0.3 is 14.2 Å². The molecule has 0 unspecified atom stereocenters. The van der Waals surface area contributed by atoms with Crippen LogP contribution in [0.4, 0.5) is 0 Å². The fourth-order valence-corrected chi connectivity index (χ4v) is 2.05. The van der Waals surface area contributed by atoms with Crippen molar-refractivity contribution < 1.29 is 14.2 Å². The number of nitrogens with zero attached hydrogens (tertiary/aromatic N) is 1. The van der Waals surface area contributed by atoms with Crippen LogP contribution >= 0.6 is 0 Å². The molecule has 4 nitrogen and oxygen atoms in total. The maximum Gasteiger partial charge on any atom is 0.231 e. The summed E-state index contributed by atoms with van der Waals surface area (Å²) in [6, 6.07) is 15.3. The van der Waals surface area contributed by atoms with Crippen molar-refractivity contribution in [3.63, 3.8) is 0 Å². The average molecular weight is 267 g/mol. The van der Waals surface area contributed by atoms with Crippen LogP contribution in [0.3, 0.4) is 0 Å². The first-order chi connectivity index (χ1) is 9.85. The van der Waals surface area contributed by atoms with Crippen molar-refractivity contribution in [2.24, 2.45) is 0 Å². The maximum absolute atomic E-state index is 8.84. The summed E-state index contributed by atoms with van der Waals surface area (Å²) in [4.78, 5) is 0. The predicted octanol–water partition coefficient (Wildman–Crippen LogP) is 3.00. The first kappa shape index (κ1) is 12.5. The fourth-order valence-electron chi connectivity index (χ4n) is 2.05. The summed E-state index contributed by atoms with van der Waals surface area (Å²) < 4.78 is 16.2. The molecule has 0 aliphatic carbocycles. The molecular weight excluding hydrogens is 254 g/mol. The molecule has 1 aliphatic rings. The standard InChI is InChI=1S/C16H13NO3/c17-8-12-2-1-3-13(6-12)9-18-10-14-4-5-15-16(7-14)20-11-19-15/h1-7H,9-11H2. The van der Waals surface area contributed by atoms with E-state index in [1.165, 1.54) is 0 Å². The monoisotopic (exact) mass is 267 g/mol. The van der Waals surface area contributed by atoms with Crippen LogP contribution < -0.4 is 9.47 Å². The molecule has 1 aliphatic heterocycles. The lowest BCUT2D eigenvalue weighted by Gasteiger charge is -2.06. The third kappa shape index (κ3) is 2.73. The van der Waals surface area contributed by atoms with Crippen LogP contribution in [0, 0.1) is 11.3 Å². The summed E-state index contributed by atoms with van der Waals surface area (Å²) in [5.74, 6) is 1.54. The molecule has 0 radical (unpaired) electrons. The summed E-state index contributed by atoms with van der Waals surface area (Å²) in [5.41, 5.74) is 2.67. The van der Waals surface area contributed by atoms with Gasteiger partial charge >= 0.3 is 0 Å². The number of hydrogen-bond donors (Lipinski definition) is 0. The number of rotatable bonds is 4. The molecular formula is C16H13NO3. The number of hydrogen-bond acceptors (Lipinski definition) is 4. The van der Waals surface area contributed by atoms with E-state index in [1.807, 2.05) is 36.4 Å². The summed E-state index contributed by atoms with van der Waals surface area (Å²) in [5, 5.41) is 8.84. The van der Waals surface area contributed by atoms with E-state index in [1.54, 1.807) is 6.07 Å². The molecule has 0 aromatic heterocycles. The van der Waals surface area contributed by atoms with Gasteiger partial charge in [0.1, 0.15) is 0 Å². The molecule has 0 atom stereocenters. The van der Waals surface area contributed by atoms with Crippen molar-refractivity contribution in [2.75, 3.05) is 6.79 Å². The Hall–Kier alpha value is -2.51. The van der Waals surface area contributed by atoms with E-state index in [4.69, 9.17) is 19.5 Å². The molecule has 20 heavy (non-hydrogen) atoms. The van der Waals surface area contributed by atoms with Gasteiger partial charge in [0.05, 0.1) is 24.8 Å². The molecule has 0 fully saturated rings. The Bertz CT molecular complexity index is 661. The molecule has 0 amide bonds. The van der Waals surface area contributed by atoms with Gasteiger partial charge in [0.25, 0.3) is 0 Å². The second-order valence-corrected chi connectivity index (χ2v) is 4.49. The molecule has 4 heteroatoms. The molecule has 0 saturated carbocycles. The van der Waals surface area contributed by atoms with Crippen LogP contribution in [-0.4, -0.2) is 6.79 Å². The van der Waals surface area contributed by atoms with Gasteiger partial charge in [-0.1, -0.05) is 18.2 Å². The Kier molecular flexibility index (Phi) is 3.53. The normalized spacial score (nSPS) is 12.2. The van der Waals surface area contributed by atoms with E-state index in [2.05, 4.69) is 6.07 Å². The van der Waals surface area contributed by atoms with Crippen LogP contribution in [0.5, 0.6) is 11.5 Å². The SMILES string of the molecule is N#Cc1cccc(COCc2ccc3c(c2)OCO3)c1. The zero-order valence-electron chi connectivity index (χ0n) is 10.8. The minimum atomic E-state index is 0.278. The number of ether oxygens (including phenoxy) is 3. The lowest BCUT2D eigenvalue weighted by molar-refractivity contribution is 0.107. The Labute approximate surface area is 117 Å². The fraction of sp³-hybridized carbons (Fsp3) is 0.188. The maximum atomic E-state index is 8.84. The van der Waals surface area contributed by atoms with E-state index in [9.17, 15) is 0 Å². The number of benzene rings is 2. The Morgan fingerprint density at radius 3 is 2.65 bits per heavy atom. The van der Waals surface area contributed by atoms with Gasteiger partial charge in [-0.15, -0.1) is 0 Å². The van der Waals surface area contributed by atoms with Crippen molar-refractivity contribution in [1.82, 2.24) is 0 Å². The van der Waals surface area contributed by atoms with Gasteiger partial charge in [-0.2, -0.15) is 5.26 Å². The molecule has 0 saturated heterocycles. The van der Waals surface area contributed by atoms with Crippen LogP contribution in [0.1, 0.15) is 16.7 Å². The van der Waals surface area contributed by atoms with Crippen LogP contribution in [0.15, 0.2) is 42.5 Å². The highest BCUT2D eigenvalue weighted by Crippen LogP contribution is 2.32. The molecule has 0 spiro atoms. The van der Waals surface area contributed by atoms with Gasteiger partial charge in [0.2, 0.25) is 6.79 Å². The molecule has 1 heterocycles. The molecule has 0 bridgehead atoms. The zero-order valence-corrected chi connectivity index (χ0v) is 10.8. The molecule has 2 aromatic carbocycles. The van der Waals surface area contributed by atoms with E-state index in [0.717, 1.165) is 22.6 Å². The van der Waals surface area contributed by atoms with Crippen molar-refractivity contribution in [2.45, 2.75) is 13.2 Å². The van der Waals surface area contributed by atoms with E-state index >= 15 is 0 Å². The van der Waals surface area contributed by atoms with Crippen LogP contribution in [0.25, 0.3) is 0 Å². The highest BCUT2D eigenvalue weighted by molar-refractivity contribution is 5.44. The van der Waals surface area contributed by atoms with Gasteiger partial charge in [-0.05, 0) is 35.4 Å². The van der Waals surface area contributed by atoms with Crippen LogP contribution in [-0.2, 0) is 18.0 Å². The number of fused-ring (bicyclic) bond motifs is 1. The zero-order chi connectivity index (χ0) is 13.8. The van der Waals surface area contributed by atoms with Gasteiger partial charge in [0.15, 0.2) is 11.5 Å². The Morgan fingerprint density at radius 2 is 1.80 bits per heavy atom. The quantitative estimate of drug-likeness (QED) is 0.854. The molecule has 100 valence electrons. The van der Waals surface area contributed by atoms with E-state index < -0.39 is 0 Å². The summed E-state index contributed by atoms with van der Waals surface area (Å²) >= 11 is 0. The minimum absolute atomic E-state index is 0.278. The van der Waals surface area contributed by atoms with E-state index in [-0.39, 0.29) is 6.79 Å². The second kappa shape index (κ2) is 5.64. The van der Waals surface area contributed by atoms with Crippen molar-refractivity contribution >= 4 is 0 Å². The van der Waals surface area contributed by atoms with Crippen molar-refractivity contribution in [1.29, 1.82) is 5.26 Å². The summed E-state index contributed by atoms with van der Waals surface area (Å²) in [6.07, 6.45) is 0. The average Bonchev–Trinajstić information content (AvgIpc) is 2.95. The Balaban J connectivity index is 1.58. The lowest BCUT2D eigenvalue weighted by Crippen LogP contribution is -1.95. The Morgan fingerprint density at radius 1 is 1.00 bits per heavy atom. The van der Waals surface area contributed by atoms with Crippen molar-refractivity contribution in [3.05, 3.63) is 59.2 Å². The van der Waals surface area contributed by atoms with E-state index in [0.29, 0.717) is 18.8 Å². The smallest absolute Gasteiger partial charge is 0.231 e. The van der Waals surface area contributed by atoms with Crippen molar-refractivity contribution in [3.8, 4) is 17.6 Å². The first-order valence-corrected chi connectivity index (χ1v) is 6.30. The van der Waals surface area contributed by atoms with Gasteiger partial charge in [-0.25, -0.2) is 0 Å². The molecule has 2 aromatic rings. The van der Waals surface area contributed by atoms with Gasteiger partial charge in [0, 0.05) is 0 Å². The second-order valence-electron chi connectivity index (χ2n) is 4.49. The third-order valence-electron chi connectivity index (χ3n) is 3.03. The summed E-state index contributed by atoms with van der Waals surface area (Å²) in [6.45, 7) is 1.25. The first-order valence-electron chi connectivity index (χ1n) is 6.30. The highest BCUT2D eigenvalue weighted by atomic mass is 16.7. The van der Waals surface area contributed by atoms with Crippen LogP contribution in [0.2, 0.25) is 0 Å². The number of nitriles is 1. The molecule has 0 N–H and O–H groups in total. The lowest BCUT2D eigenvalue weighted by atomic mass is 10.1.